The number of unbranched alkanes of at least 4 members (excludes halogenated alkanes) is 4. The third-order valence-electron chi connectivity index (χ3n) is 11.8. The average molecular weight is 845 g/mol. The monoisotopic (exact) mass is 844 g/mol. The standard InChI is InChI=1S/C50H56N2O10/c1(9-37-29-57-37)5-21-53-43-19-15-35(27-47(43)55-23-7-3-11-39-31-59-39)49-51-41-17-13-33(25-45(41)61-49)34-14-18-42-46(26-34)62-50(52-42)36-16-20-44(54-22-6-2-10-38-30-58-38)48(28-36)56-24-8-4-12-40-32-60-40/h13-20,25-28,37-40H,1-12,21-24,29-32H2. The molecule has 0 saturated carbocycles. The SMILES string of the molecule is c1cc2nc(-c3ccc(OCCCCC4CO4)c(OCCCCC4CO4)c3)oc2cc1-c1ccc2nc(-c3ccc(OCCCCC4CO4)c(OCCCCC4CO4)c3)oc2c1. The van der Waals surface area contributed by atoms with Crippen LogP contribution in [0.5, 0.6) is 23.0 Å². The van der Waals surface area contributed by atoms with Gasteiger partial charge in [-0.1, -0.05) is 12.1 Å². The zero-order valence-electron chi connectivity index (χ0n) is 35.4. The molecule has 12 heteroatoms. The molecule has 0 amide bonds. The van der Waals surface area contributed by atoms with Gasteiger partial charge in [-0.05, 0) is 149 Å². The molecule has 62 heavy (non-hydrogen) atoms. The first-order valence-corrected chi connectivity index (χ1v) is 22.7. The van der Waals surface area contributed by atoms with E-state index < -0.39 is 0 Å². The number of fused-ring (bicyclic) bond motifs is 2. The molecule has 4 aromatic carbocycles. The van der Waals surface area contributed by atoms with Gasteiger partial charge in [-0.25, -0.2) is 9.97 Å². The summed E-state index contributed by atoms with van der Waals surface area (Å²) in [4.78, 5) is 9.72. The van der Waals surface area contributed by atoms with E-state index in [0.29, 0.717) is 85.3 Å². The fourth-order valence-corrected chi connectivity index (χ4v) is 7.77. The molecule has 0 bridgehead atoms. The quantitative estimate of drug-likeness (QED) is 0.0360. The average Bonchev–Trinajstić information content (AvgIpc) is 4.06. The van der Waals surface area contributed by atoms with Crippen LogP contribution in [0.15, 0.2) is 81.6 Å². The van der Waals surface area contributed by atoms with Gasteiger partial charge in [0.2, 0.25) is 11.8 Å². The van der Waals surface area contributed by atoms with Gasteiger partial charge in [0.1, 0.15) is 11.0 Å². The summed E-state index contributed by atoms with van der Waals surface area (Å²) in [5, 5.41) is 0. The second-order valence-corrected chi connectivity index (χ2v) is 16.9. The predicted molar refractivity (Wildman–Crippen MR) is 234 cm³/mol. The minimum absolute atomic E-state index is 0.431. The van der Waals surface area contributed by atoms with Gasteiger partial charge in [0.15, 0.2) is 34.2 Å². The highest BCUT2D eigenvalue weighted by molar-refractivity contribution is 5.86. The van der Waals surface area contributed by atoms with Gasteiger partial charge in [-0.15, -0.1) is 0 Å². The lowest BCUT2D eigenvalue weighted by atomic mass is 10.1. The number of hydrogen-bond donors (Lipinski definition) is 0. The third kappa shape index (κ3) is 11.3. The van der Waals surface area contributed by atoms with Gasteiger partial charge in [0.05, 0.1) is 77.3 Å². The third-order valence-corrected chi connectivity index (χ3v) is 11.8. The molecular weight excluding hydrogens is 789 g/mol. The first kappa shape index (κ1) is 40.9. The molecule has 12 nitrogen and oxygen atoms in total. The zero-order chi connectivity index (χ0) is 41.5. The fraction of sp³-hybridized carbons (Fsp3) is 0.480. The van der Waals surface area contributed by atoms with Gasteiger partial charge in [-0.3, -0.25) is 0 Å². The molecule has 4 aliphatic heterocycles. The number of nitrogens with zero attached hydrogens (tertiary/aromatic N) is 2. The predicted octanol–water partition coefficient (Wildman–Crippen LogP) is 10.8. The molecule has 4 aliphatic rings. The molecule has 0 radical (unpaired) electrons. The highest BCUT2D eigenvalue weighted by Crippen LogP contribution is 2.38. The largest absolute Gasteiger partial charge is 0.490 e. The summed E-state index contributed by atoms with van der Waals surface area (Å²) in [5.74, 6) is 3.92. The Morgan fingerprint density at radius 3 is 1.08 bits per heavy atom. The van der Waals surface area contributed by atoms with Crippen molar-refractivity contribution in [3.63, 3.8) is 0 Å². The Labute approximate surface area is 362 Å². The van der Waals surface area contributed by atoms with E-state index in [1.807, 2.05) is 60.7 Å². The molecule has 0 aliphatic carbocycles. The Kier molecular flexibility index (Phi) is 12.9. The zero-order valence-corrected chi connectivity index (χ0v) is 35.4. The van der Waals surface area contributed by atoms with E-state index in [9.17, 15) is 0 Å². The summed E-state index contributed by atoms with van der Waals surface area (Å²) >= 11 is 0. The molecule has 4 fully saturated rings. The van der Waals surface area contributed by atoms with E-state index in [4.69, 9.17) is 56.7 Å². The fourth-order valence-electron chi connectivity index (χ4n) is 7.77. The summed E-state index contributed by atoms with van der Waals surface area (Å²) < 4.78 is 59.3. The molecule has 4 atom stereocenters. The van der Waals surface area contributed by atoms with Crippen LogP contribution in [0, 0.1) is 0 Å². The summed E-state index contributed by atoms with van der Waals surface area (Å²) in [6, 6.07) is 24.0. The Morgan fingerprint density at radius 1 is 0.387 bits per heavy atom. The Hall–Kier alpha value is -5.14. The Balaban J connectivity index is 0.822. The van der Waals surface area contributed by atoms with E-state index in [1.165, 1.54) is 0 Å². The first-order valence-electron chi connectivity index (χ1n) is 22.7. The number of oxazole rings is 2. The minimum atomic E-state index is 0.431. The molecule has 4 unspecified atom stereocenters. The van der Waals surface area contributed by atoms with Crippen molar-refractivity contribution in [1.82, 2.24) is 9.97 Å². The Morgan fingerprint density at radius 2 is 0.726 bits per heavy atom. The van der Waals surface area contributed by atoms with Crippen LogP contribution in [-0.4, -0.2) is 87.2 Å². The lowest BCUT2D eigenvalue weighted by molar-refractivity contribution is 0.256. The van der Waals surface area contributed by atoms with Crippen LogP contribution in [0.3, 0.4) is 0 Å². The van der Waals surface area contributed by atoms with E-state index in [-0.39, 0.29) is 0 Å². The summed E-state index contributed by atoms with van der Waals surface area (Å²) in [5.41, 5.74) is 6.53. The van der Waals surface area contributed by atoms with Gasteiger partial charge in [0, 0.05) is 11.1 Å². The molecule has 6 heterocycles. The summed E-state index contributed by atoms with van der Waals surface area (Å²) in [7, 11) is 0. The van der Waals surface area contributed by atoms with E-state index in [2.05, 4.69) is 12.1 Å². The maximum atomic E-state index is 6.40. The highest BCUT2D eigenvalue weighted by atomic mass is 16.6. The normalized spacial score (nSPS) is 19.8. The second-order valence-electron chi connectivity index (χ2n) is 16.9. The van der Waals surface area contributed by atoms with Crippen LogP contribution in [0.2, 0.25) is 0 Å². The van der Waals surface area contributed by atoms with Gasteiger partial charge in [-0.2, -0.15) is 0 Å². The van der Waals surface area contributed by atoms with E-state index >= 15 is 0 Å². The van der Waals surface area contributed by atoms with Crippen molar-refractivity contribution in [2.45, 2.75) is 101 Å². The number of aromatic nitrogens is 2. The van der Waals surface area contributed by atoms with Crippen molar-refractivity contribution in [3.8, 4) is 57.0 Å². The lowest BCUT2D eigenvalue weighted by Gasteiger charge is -2.14. The van der Waals surface area contributed by atoms with Crippen LogP contribution in [0.4, 0.5) is 0 Å². The maximum Gasteiger partial charge on any atom is 0.227 e. The molecule has 326 valence electrons. The van der Waals surface area contributed by atoms with E-state index in [1.54, 1.807) is 0 Å². The number of hydrogen-bond acceptors (Lipinski definition) is 12. The number of rotatable bonds is 27. The van der Waals surface area contributed by atoms with Gasteiger partial charge < -0.3 is 46.7 Å². The Bertz CT molecular complexity index is 2240. The van der Waals surface area contributed by atoms with Crippen molar-refractivity contribution in [2.24, 2.45) is 0 Å². The van der Waals surface area contributed by atoms with Crippen molar-refractivity contribution < 1.29 is 46.7 Å². The van der Waals surface area contributed by atoms with Crippen molar-refractivity contribution >= 4 is 22.2 Å². The van der Waals surface area contributed by atoms with Crippen molar-refractivity contribution in [3.05, 3.63) is 72.8 Å². The van der Waals surface area contributed by atoms with Crippen LogP contribution >= 0.6 is 0 Å². The summed E-state index contributed by atoms with van der Waals surface area (Å²) in [6.07, 6.45) is 14.2. The maximum absolute atomic E-state index is 6.40. The summed E-state index contributed by atoms with van der Waals surface area (Å²) in [6.45, 7) is 6.01. The van der Waals surface area contributed by atoms with Crippen LogP contribution in [-0.2, 0) is 18.9 Å². The van der Waals surface area contributed by atoms with Crippen LogP contribution < -0.4 is 18.9 Å². The second kappa shape index (κ2) is 19.5. The molecule has 0 spiro atoms. The lowest BCUT2D eigenvalue weighted by Crippen LogP contribution is -2.03. The molecule has 10 rings (SSSR count). The van der Waals surface area contributed by atoms with E-state index in [0.717, 1.165) is 148 Å². The number of ether oxygens (including phenoxy) is 8. The van der Waals surface area contributed by atoms with Gasteiger partial charge >= 0.3 is 0 Å². The van der Waals surface area contributed by atoms with Crippen LogP contribution in [0.25, 0.3) is 56.2 Å². The molecule has 2 aromatic heterocycles. The number of epoxide rings is 4. The smallest absolute Gasteiger partial charge is 0.227 e. The van der Waals surface area contributed by atoms with Gasteiger partial charge in [0.25, 0.3) is 0 Å². The van der Waals surface area contributed by atoms with Crippen molar-refractivity contribution in [2.75, 3.05) is 52.9 Å². The topological polar surface area (TPSA) is 139 Å². The van der Waals surface area contributed by atoms with Crippen LogP contribution in [0.1, 0.15) is 77.0 Å². The minimum Gasteiger partial charge on any atom is -0.490 e. The highest BCUT2D eigenvalue weighted by Gasteiger charge is 2.24. The molecule has 0 N–H and O–H groups in total. The van der Waals surface area contributed by atoms with Crippen molar-refractivity contribution in [1.29, 1.82) is 0 Å². The number of benzene rings is 4. The molecule has 6 aromatic rings. The first-order chi connectivity index (χ1) is 30.7. The molecular formula is C50H56N2O10. The molecule has 4 saturated heterocycles.